The molecule has 4 saturated carbocycles. The lowest BCUT2D eigenvalue weighted by molar-refractivity contribution is -0.158. The maximum Gasteiger partial charge on any atom is 0.303 e. The van der Waals surface area contributed by atoms with E-state index in [1.165, 1.54) is 26.2 Å². The molecule has 7 atom stereocenters. The second-order valence-corrected chi connectivity index (χ2v) is 11.1. The van der Waals surface area contributed by atoms with Crippen LogP contribution >= 0.6 is 0 Å². The normalized spacial score (nSPS) is 41.8. The topological polar surface area (TPSA) is 105 Å². The van der Waals surface area contributed by atoms with E-state index in [4.69, 9.17) is 9.84 Å². The maximum atomic E-state index is 12.0. The van der Waals surface area contributed by atoms with Crippen LogP contribution in [0.4, 0.5) is 0 Å². The predicted octanol–water partition coefficient (Wildman–Crippen LogP) is 4.30. The van der Waals surface area contributed by atoms with Gasteiger partial charge in [-0.15, -0.1) is 0 Å². The minimum Gasteiger partial charge on any atom is -0.481 e. The molecular weight excluding hydrogens is 408 g/mol. The number of carboxylic acid groups (broad SMARTS) is 1. The van der Waals surface area contributed by atoms with Gasteiger partial charge >= 0.3 is 11.9 Å². The quantitative estimate of drug-likeness (QED) is 0.484. The van der Waals surface area contributed by atoms with E-state index in [1.54, 1.807) is 0 Å². The van der Waals surface area contributed by atoms with Crippen LogP contribution < -0.4 is 5.43 Å². The highest BCUT2D eigenvalue weighted by molar-refractivity contribution is 5.93. The number of ether oxygens (including phenoxy) is 1. The van der Waals surface area contributed by atoms with Gasteiger partial charge in [0, 0.05) is 24.5 Å². The highest BCUT2D eigenvalue weighted by Crippen LogP contribution is 2.65. The summed E-state index contributed by atoms with van der Waals surface area (Å²) in [6.07, 6.45) is 9.78. The van der Waals surface area contributed by atoms with Crippen molar-refractivity contribution in [2.24, 2.45) is 39.6 Å². The second-order valence-electron chi connectivity index (χ2n) is 11.1. The van der Waals surface area contributed by atoms with E-state index < -0.39 is 5.97 Å². The summed E-state index contributed by atoms with van der Waals surface area (Å²) in [7, 11) is 0. The van der Waals surface area contributed by atoms with Gasteiger partial charge in [-0.25, -0.2) is 5.43 Å². The van der Waals surface area contributed by atoms with E-state index in [0.717, 1.165) is 44.2 Å². The van der Waals surface area contributed by atoms with Crippen LogP contribution in [-0.2, 0) is 19.1 Å². The SMILES string of the molecule is CC(=O)O[C@@H]1CC[C@@]2(C)[C@@H](CC[C@H]3[C@H]2CC[C@]2(C)/C(=N\NC(=O)CCC(=O)O)CC[C@@H]32)C1. The average molecular weight is 447 g/mol. The Balaban J connectivity index is 1.44. The van der Waals surface area contributed by atoms with E-state index in [-0.39, 0.29) is 36.2 Å². The van der Waals surface area contributed by atoms with E-state index in [1.807, 2.05) is 0 Å². The first kappa shape index (κ1) is 23.2. The first-order valence-electron chi connectivity index (χ1n) is 12.4. The summed E-state index contributed by atoms with van der Waals surface area (Å²) in [4.78, 5) is 34.1. The number of amides is 1. The van der Waals surface area contributed by atoms with Gasteiger partial charge in [-0.3, -0.25) is 14.4 Å². The van der Waals surface area contributed by atoms with Crippen LogP contribution in [-0.4, -0.2) is 34.8 Å². The minimum atomic E-state index is -0.968. The molecule has 4 fully saturated rings. The van der Waals surface area contributed by atoms with Crippen molar-refractivity contribution in [3.8, 4) is 0 Å². The first-order valence-corrected chi connectivity index (χ1v) is 12.4. The fraction of sp³-hybridized carbons (Fsp3) is 0.840. The third-order valence-electron chi connectivity index (χ3n) is 9.57. The van der Waals surface area contributed by atoms with Crippen molar-refractivity contribution in [1.82, 2.24) is 5.43 Å². The molecule has 7 nitrogen and oxygen atoms in total. The molecule has 4 rings (SSSR count). The number of carbonyl (C=O) groups excluding carboxylic acids is 2. The Labute approximate surface area is 190 Å². The molecular formula is C25H38N2O5. The smallest absolute Gasteiger partial charge is 0.303 e. The lowest BCUT2D eigenvalue weighted by Crippen LogP contribution is -2.54. The van der Waals surface area contributed by atoms with Crippen molar-refractivity contribution < 1.29 is 24.2 Å². The van der Waals surface area contributed by atoms with Gasteiger partial charge in [-0.05, 0) is 86.9 Å². The van der Waals surface area contributed by atoms with Crippen molar-refractivity contribution >= 4 is 23.6 Å². The van der Waals surface area contributed by atoms with E-state index >= 15 is 0 Å². The van der Waals surface area contributed by atoms with Gasteiger partial charge < -0.3 is 9.84 Å². The highest BCUT2D eigenvalue weighted by Gasteiger charge is 2.59. The van der Waals surface area contributed by atoms with Crippen LogP contribution in [0.3, 0.4) is 0 Å². The largest absolute Gasteiger partial charge is 0.481 e. The maximum absolute atomic E-state index is 12.0. The zero-order valence-electron chi connectivity index (χ0n) is 19.7. The molecule has 0 aromatic heterocycles. The third-order valence-corrected chi connectivity index (χ3v) is 9.57. The van der Waals surface area contributed by atoms with Gasteiger partial charge in [0.25, 0.3) is 0 Å². The molecule has 4 aliphatic rings. The monoisotopic (exact) mass is 446 g/mol. The van der Waals surface area contributed by atoms with Crippen molar-refractivity contribution in [2.75, 3.05) is 0 Å². The molecule has 32 heavy (non-hydrogen) atoms. The summed E-state index contributed by atoms with van der Waals surface area (Å²) in [6, 6.07) is 0. The highest BCUT2D eigenvalue weighted by atomic mass is 16.5. The Kier molecular flexibility index (Phi) is 6.38. The van der Waals surface area contributed by atoms with E-state index in [0.29, 0.717) is 29.1 Å². The van der Waals surface area contributed by atoms with Crippen LogP contribution in [0.15, 0.2) is 5.10 Å². The number of aliphatic carboxylic acids is 1. The Hall–Kier alpha value is -1.92. The summed E-state index contributed by atoms with van der Waals surface area (Å²) in [6.45, 7) is 6.34. The molecule has 0 spiro atoms. The third kappa shape index (κ3) is 4.19. The van der Waals surface area contributed by atoms with Gasteiger partial charge in [0.1, 0.15) is 6.10 Å². The van der Waals surface area contributed by atoms with Crippen LogP contribution in [0.2, 0.25) is 0 Å². The molecule has 2 N–H and O–H groups in total. The Morgan fingerprint density at radius 2 is 1.84 bits per heavy atom. The molecule has 7 heteroatoms. The summed E-state index contributed by atoms with van der Waals surface area (Å²) >= 11 is 0. The molecule has 0 aromatic rings. The van der Waals surface area contributed by atoms with Gasteiger partial charge in [-0.2, -0.15) is 5.10 Å². The van der Waals surface area contributed by atoms with Crippen molar-refractivity contribution in [1.29, 1.82) is 0 Å². The number of hydrogen-bond acceptors (Lipinski definition) is 5. The summed E-state index contributed by atoms with van der Waals surface area (Å²) in [5, 5.41) is 13.3. The lowest BCUT2D eigenvalue weighted by Gasteiger charge is -2.60. The molecule has 0 saturated heterocycles. The van der Waals surface area contributed by atoms with Gasteiger partial charge in [0.05, 0.1) is 6.42 Å². The van der Waals surface area contributed by atoms with Crippen molar-refractivity contribution in [3.63, 3.8) is 0 Å². The average Bonchev–Trinajstić information content (AvgIpc) is 3.07. The Morgan fingerprint density at radius 3 is 2.56 bits per heavy atom. The molecule has 4 aliphatic carbocycles. The standard InChI is InChI=1S/C25H38N2O5/c1-15(28)32-17-10-12-24(2)16(14-17)4-5-18-19-6-7-21(25(19,3)13-11-20(18)24)26-27-22(29)8-9-23(30)31/h16-20H,4-14H2,1-3H3,(H,27,29)(H,30,31)/b26-21-/t16-,17+,18+,19-,20+,24-,25-/m0/s1. The number of hydrogen-bond donors (Lipinski definition) is 2. The van der Waals surface area contributed by atoms with E-state index in [2.05, 4.69) is 24.4 Å². The fourth-order valence-corrected chi connectivity index (χ4v) is 7.94. The fourth-order valence-electron chi connectivity index (χ4n) is 7.94. The number of nitrogens with zero attached hydrogens (tertiary/aromatic N) is 1. The molecule has 0 heterocycles. The molecule has 0 radical (unpaired) electrons. The number of carbonyl (C=O) groups is 3. The van der Waals surface area contributed by atoms with Gasteiger partial charge in [0.15, 0.2) is 0 Å². The number of esters is 1. The number of nitrogens with one attached hydrogen (secondary N) is 1. The van der Waals surface area contributed by atoms with Crippen molar-refractivity contribution in [2.45, 2.75) is 97.5 Å². The van der Waals surface area contributed by atoms with Gasteiger partial charge in [0.2, 0.25) is 5.91 Å². The zero-order chi connectivity index (χ0) is 23.1. The van der Waals surface area contributed by atoms with Crippen LogP contribution in [0.25, 0.3) is 0 Å². The molecule has 1 amide bonds. The van der Waals surface area contributed by atoms with Crippen LogP contribution in [0, 0.1) is 34.5 Å². The van der Waals surface area contributed by atoms with Gasteiger partial charge in [-0.1, -0.05) is 13.8 Å². The van der Waals surface area contributed by atoms with Crippen LogP contribution in [0.5, 0.6) is 0 Å². The number of rotatable bonds is 5. The Bertz CT molecular complexity index is 810. The lowest BCUT2D eigenvalue weighted by atomic mass is 9.45. The summed E-state index contributed by atoms with van der Waals surface area (Å²) in [5.74, 6) is 1.18. The summed E-state index contributed by atoms with van der Waals surface area (Å²) in [5.41, 5.74) is 4.07. The van der Waals surface area contributed by atoms with Crippen molar-refractivity contribution in [3.05, 3.63) is 0 Å². The minimum absolute atomic E-state index is 0.0272. The molecule has 0 unspecified atom stereocenters. The van der Waals surface area contributed by atoms with E-state index in [9.17, 15) is 14.4 Å². The predicted molar refractivity (Wildman–Crippen MR) is 120 cm³/mol. The van der Waals surface area contributed by atoms with Crippen LogP contribution in [0.1, 0.15) is 91.4 Å². The molecule has 0 aliphatic heterocycles. The number of hydrazone groups is 1. The summed E-state index contributed by atoms with van der Waals surface area (Å²) < 4.78 is 5.58. The zero-order valence-corrected chi connectivity index (χ0v) is 19.7. The second kappa shape index (κ2) is 8.79. The molecule has 0 aromatic carbocycles. The molecule has 0 bridgehead atoms. The number of fused-ring (bicyclic) bond motifs is 5. The molecule has 178 valence electrons. The Morgan fingerprint density at radius 1 is 1.06 bits per heavy atom. The number of carboxylic acids is 1. The first-order chi connectivity index (χ1) is 15.1.